The summed E-state index contributed by atoms with van der Waals surface area (Å²) >= 11 is 0. The lowest BCUT2D eigenvalue weighted by molar-refractivity contribution is 0.646. The van der Waals surface area contributed by atoms with Gasteiger partial charge in [0.25, 0.3) is 0 Å². The Labute approximate surface area is 98.0 Å². The van der Waals surface area contributed by atoms with Gasteiger partial charge in [-0.1, -0.05) is 0 Å². The van der Waals surface area contributed by atoms with Crippen LogP contribution in [0.2, 0.25) is 0 Å². The Balaban J connectivity index is 1.97. The number of rotatable bonds is 2. The van der Waals surface area contributed by atoms with E-state index in [1.54, 1.807) is 6.20 Å². The van der Waals surface area contributed by atoms with E-state index in [0.717, 1.165) is 17.3 Å². The Morgan fingerprint density at radius 2 is 2.12 bits per heavy atom. The van der Waals surface area contributed by atoms with Gasteiger partial charge in [0.15, 0.2) is 0 Å². The summed E-state index contributed by atoms with van der Waals surface area (Å²) in [4.78, 5) is 12.9. The second-order valence-corrected chi connectivity index (χ2v) is 3.92. The molecule has 0 aliphatic heterocycles. The van der Waals surface area contributed by atoms with Crippen molar-refractivity contribution in [2.45, 2.75) is 20.4 Å². The van der Waals surface area contributed by atoms with E-state index in [0.29, 0.717) is 12.3 Å². The van der Waals surface area contributed by atoms with Crippen LogP contribution in [0.5, 0.6) is 0 Å². The van der Waals surface area contributed by atoms with E-state index in [4.69, 9.17) is 0 Å². The van der Waals surface area contributed by atoms with Crippen LogP contribution in [0.4, 0.5) is 0 Å². The van der Waals surface area contributed by atoms with Gasteiger partial charge in [0.2, 0.25) is 5.78 Å². The van der Waals surface area contributed by atoms with Gasteiger partial charge in [0.05, 0.1) is 12.2 Å². The van der Waals surface area contributed by atoms with Crippen molar-refractivity contribution in [2.75, 3.05) is 0 Å². The molecule has 86 valence electrons. The lowest BCUT2D eigenvalue weighted by Gasteiger charge is -1.98. The summed E-state index contributed by atoms with van der Waals surface area (Å²) < 4.78 is 3.74. The van der Waals surface area contributed by atoms with Crippen LogP contribution in [0.3, 0.4) is 0 Å². The van der Waals surface area contributed by atoms with Crippen LogP contribution in [-0.2, 0) is 6.54 Å². The zero-order valence-electron chi connectivity index (χ0n) is 9.70. The van der Waals surface area contributed by atoms with Gasteiger partial charge < -0.3 is 0 Å². The molecule has 0 amide bonds. The Kier molecular flexibility index (Phi) is 2.14. The first-order valence-electron chi connectivity index (χ1n) is 5.39. The van der Waals surface area contributed by atoms with Crippen LogP contribution in [-0.4, -0.2) is 29.1 Å². The molecular weight excluding hydrogens is 216 g/mol. The highest BCUT2D eigenvalue weighted by Crippen LogP contribution is 2.05. The predicted octanol–water partition coefficient (Wildman–Crippen LogP) is 0.986. The minimum absolute atomic E-state index is 0.621. The molecule has 0 saturated heterocycles. The molecule has 0 aliphatic rings. The quantitative estimate of drug-likeness (QED) is 0.656. The average Bonchev–Trinajstić information content (AvgIpc) is 2.82. The third-order valence-corrected chi connectivity index (χ3v) is 2.56. The number of fused-ring (bicyclic) bond motifs is 1. The maximum absolute atomic E-state index is 4.42. The molecule has 6 heteroatoms. The van der Waals surface area contributed by atoms with E-state index in [-0.39, 0.29) is 0 Å². The van der Waals surface area contributed by atoms with Gasteiger partial charge in [-0.15, -0.1) is 0 Å². The van der Waals surface area contributed by atoms with E-state index in [1.165, 1.54) is 0 Å². The molecule has 0 spiro atoms. The average molecular weight is 228 g/mol. The summed E-state index contributed by atoms with van der Waals surface area (Å²) in [6, 6.07) is 1.88. The third-order valence-electron chi connectivity index (χ3n) is 2.56. The number of hydrogen-bond donors (Lipinski definition) is 0. The molecule has 17 heavy (non-hydrogen) atoms. The zero-order valence-corrected chi connectivity index (χ0v) is 9.70. The topological polar surface area (TPSA) is 60.9 Å². The van der Waals surface area contributed by atoms with Gasteiger partial charge in [-0.25, -0.2) is 19.6 Å². The van der Waals surface area contributed by atoms with Crippen LogP contribution in [0.1, 0.15) is 17.3 Å². The van der Waals surface area contributed by atoms with Crippen molar-refractivity contribution in [3.63, 3.8) is 0 Å². The van der Waals surface area contributed by atoms with Gasteiger partial charge >= 0.3 is 0 Å². The van der Waals surface area contributed by atoms with Crippen LogP contribution >= 0.6 is 0 Å². The normalized spacial score (nSPS) is 11.2. The Bertz CT molecular complexity index is 632. The molecule has 0 N–H and O–H groups in total. The number of imidazole rings is 1. The van der Waals surface area contributed by atoms with Crippen molar-refractivity contribution in [2.24, 2.45) is 0 Å². The fourth-order valence-electron chi connectivity index (χ4n) is 1.82. The maximum Gasteiger partial charge on any atom is 0.233 e. The fourth-order valence-corrected chi connectivity index (χ4v) is 1.82. The molecule has 0 saturated carbocycles. The molecule has 3 aromatic rings. The van der Waals surface area contributed by atoms with E-state index in [2.05, 4.69) is 20.1 Å². The third kappa shape index (κ3) is 1.77. The van der Waals surface area contributed by atoms with Gasteiger partial charge in [-0.3, -0.25) is 4.40 Å². The van der Waals surface area contributed by atoms with Crippen LogP contribution in [0, 0.1) is 13.8 Å². The first kappa shape index (κ1) is 9.95. The highest BCUT2D eigenvalue weighted by molar-refractivity contribution is 5.29. The summed E-state index contributed by atoms with van der Waals surface area (Å²) in [5, 5.41) is 4.31. The summed E-state index contributed by atoms with van der Waals surface area (Å²) in [5.74, 6) is 2.38. The smallest absolute Gasteiger partial charge is 0.233 e. The van der Waals surface area contributed by atoms with Gasteiger partial charge in [0.1, 0.15) is 11.6 Å². The summed E-state index contributed by atoms with van der Waals surface area (Å²) in [5.41, 5.74) is 0.928. The molecule has 0 aromatic carbocycles. The fraction of sp³-hybridized carbons (Fsp3) is 0.273. The van der Waals surface area contributed by atoms with E-state index in [9.17, 15) is 0 Å². The summed E-state index contributed by atoms with van der Waals surface area (Å²) in [7, 11) is 0. The van der Waals surface area contributed by atoms with Gasteiger partial charge in [0, 0.05) is 18.6 Å². The molecule has 0 bridgehead atoms. The second kappa shape index (κ2) is 3.65. The second-order valence-electron chi connectivity index (χ2n) is 3.92. The monoisotopic (exact) mass is 228 g/mol. The molecule has 0 fully saturated rings. The highest BCUT2D eigenvalue weighted by atomic mass is 15.3. The largest absolute Gasteiger partial charge is 0.291 e. The lowest BCUT2D eigenvalue weighted by atomic mass is 10.5. The van der Waals surface area contributed by atoms with Crippen molar-refractivity contribution in [1.82, 2.24) is 29.1 Å². The van der Waals surface area contributed by atoms with Crippen molar-refractivity contribution < 1.29 is 0 Å². The van der Waals surface area contributed by atoms with Crippen LogP contribution < -0.4 is 0 Å². The molecule has 3 rings (SSSR count). The maximum atomic E-state index is 4.42. The SMILES string of the molecule is Cc1nc(C)n(Cc2cn3cccnc3n2)n1. The molecule has 3 aromatic heterocycles. The number of hydrogen-bond acceptors (Lipinski definition) is 4. The molecule has 3 heterocycles. The Morgan fingerprint density at radius 3 is 2.82 bits per heavy atom. The zero-order chi connectivity index (χ0) is 11.8. The first-order valence-corrected chi connectivity index (χ1v) is 5.39. The minimum atomic E-state index is 0.621. The van der Waals surface area contributed by atoms with Crippen molar-refractivity contribution in [3.8, 4) is 0 Å². The van der Waals surface area contributed by atoms with Crippen molar-refractivity contribution in [3.05, 3.63) is 42.0 Å². The van der Waals surface area contributed by atoms with Gasteiger partial charge in [-0.2, -0.15) is 5.10 Å². The summed E-state index contributed by atoms with van der Waals surface area (Å²) in [6.07, 6.45) is 5.62. The Morgan fingerprint density at radius 1 is 1.24 bits per heavy atom. The number of nitrogens with zero attached hydrogens (tertiary/aromatic N) is 6. The van der Waals surface area contributed by atoms with Crippen molar-refractivity contribution >= 4 is 5.78 Å². The van der Waals surface area contributed by atoms with E-state index in [1.807, 2.05) is 41.4 Å². The summed E-state index contributed by atoms with van der Waals surface area (Å²) in [6.45, 7) is 4.44. The Hall–Kier alpha value is -2.24. The molecule has 0 radical (unpaired) electrons. The number of aryl methyl sites for hydroxylation is 2. The molecule has 0 atom stereocenters. The first-order chi connectivity index (χ1) is 8.22. The molecule has 0 aliphatic carbocycles. The predicted molar refractivity (Wildman–Crippen MR) is 61.6 cm³/mol. The van der Waals surface area contributed by atoms with E-state index < -0.39 is 0 Å². The number of aromatic nitrogens is 6. The van der Waals surface area contributed by atoms with Crippen LogP contribution in [0.15, 0.2) is 24.7 Å². The minimum Gasteiger partial charge on any atom is -0.291 e. The molecular formula is C11H12N6. The van der Waals surface area contributed by atoms with E-state index >= 15 is 0 Å². The highest BCUT2D eigenvalue weighted by Gasteiger charge is 2.06. The van der Waals surface area contributed by atoms with Crippen molar-refractivity contribution in [1.29, 1.82) is 0 Å². The molecule has 0 unspecified atom stereocenters. The molecule has 6 nitrogen and oxygen atoms in total. The van der Waals surface area contributed by atoms with Gasteiger partial charge in [-0.05, 0) is 19.9 Å². The lowest BCUT2D eigenvalue weighted by Crippen LogP contribution is -2.04. The van der Waals surface area contributed by atoms with Crippen LogP contribution in [0.25, 0.3) is 5.78 Å². The standard InChI is InChI=1S/C11H12N6/c1-8-13-9(2)17(15-8)7-10-6-16-5-3-4-12-11(16)14-10/h3-6H,7H2,1-2H3.